The third kappa shape index (κ3) is 4.78. The highest BCUT2D eigenvalue weighted by Crippen LogP contribution is 2.50. The maximum absolute atomic E-state index is 13.4. The fourth-order valence-electron chi connectivity index (χ4n) is 5.49. The number of rotatable bonds is 9. The van der Waals surface area contributed by atoms with E-state index in [4.69, 9.17) is 14.2 Å². The number of ketones is 2. The highest BCUT2D eigenvalue weighted by molar-refractivity contribution is 14.1. The van der Waals surface area contributed by atoms with Crippen molar-refractivity contribution in [1.82, 2.24) is 4.90 Å². The molecule has 6 nitrogen and oxygen atoms in total. The van der Waals surface area contributed by atoms with Gasteiger partial charge < -0.3 is 19.1 Å². The largest absolute Gasteiger partial charge is 0.490 e. The number of ether oxygens (including phenoxy) is 3. The molecule has 1 aliphatic heterocycles. The number of methoxy groups -OCH3 is 1. The van der Waals surface area contributed by atoms with Gasteiger partial charge in [0.15, 0.2) is 23.1 Å². The lowest BCUT2D eigenvalue weighted by molar-refractivity contribution is -0.117. The maximum Gasteiger partial charge on any atom is 0.174 e. The van der Waals surface area contributed by atoms with E-state index in [1.54, 1.807) is 7.11 Å². The van der Waals surface area contributed by atoms with Crippen LogP contribution >= 0.6 is 22.6 Å². The van der Waals surface area contributed by atoms with Crippen molar-refractivity contribution in [2.24, 2.45) is 0 Å². The van der Waals surface area contributed by atoms with Gasteiger partial charge in [-0.25, -0.2) is 0 Å². The van der Waals surface area contributed by atoms with Gasteiger partial charge in [-0.15, -0.1) is 0 Å². The Bertz CT molecular complexity index is 984. The number of hydrogen-bond donors (Lipinski definition) is 0. The summed E-state index contributed by atoms with van der Waals surface area (Å²) in [4.78, 5) is 29.2. The summed E-state index contributed by atoms with van der Waals surface area (Å²) in [5.41, 5.74) is 4.76. The zero-order valence-corrected chi connectivity index (χ0v) is 22.5. The Balaban J connectivity index is 1.90. The second-order valence-corrected chi connectivity index (χ2v) is 10.1. The van der Waals surface area contributed by atoms with Gasteiger partial charge >= 0.3 is 0 Å². The maximum atomic E-state index is 13.4. The summed E-state index contributed by atoms with van der Waals surface area (Å²) in [6, 6.07) is 4.05. The molecule has 1 aromatic rings. The zero-order valence-electron chi connectivity index (χ0n) is 20.4. The molecule has 0 fully saturated rings. The van der Waals surface area contributed by atoms with E-state index < -0.39 is 0 Å². The molecule has 1 heterocycles. The van der Waals surface area contributed by atoms with Crippen LogP contribution in [0.15, 0.2) is 34.7 Å². The van der Waals surface area contributed by atoms with Crippen LogP contribution in [0.25, 0.3) is 0 Å². The second kappa shape index (κ2) is 11.2. The van der Waals surface area contributed by atoms with Gasteiger partial charge in [0.2, 0.25) is 0 Å². The molecule has 184 valence electrons. The fourth-order valence-corrected chi connectivity index (χ4v) is 6.27. The van der Waals surface area contributed by atoms with E-state index in [2.05, 4.69) is 33.6 Å². The van der Waals surface area contributed by atoms with Crippen molar-refractivity contribution >= 4 is 34.2 Å². The monoisotopic (exact) mass is 579 g/mol. The summed E-state index contributed by atoms with van der Waals surface area (Å²) in [6.07, 6.45) is 5.35. The number of benzene rings is 1. The van der Waals surface area contributed by atoms with Crippen LogP contribution < -0.4 is 9.47 Å². The minimum atomic E-state index is -0.340. The van der Waals surface area contributed by atoms with Crippen molar-refractivity contribution in [3.63, 3.8) is 0 Å². The minimum absolute atomic E-state index is 0.162. The van der Waals surface area contributed by atoms with Gasteiger partial charge in [-0.1, -0.05) is 0 Å². The number of Topliss-reactive ketones (excluding diaryl/α,β-unsaturated/α-hetero) is 2. The van der Waals surface area contributed by atoms with Gasteiger partial charge in [0.05, 0.1) is 16.8 Å². The average molecular weight is 579 g/mol. The molecule has 0 bridgehead atoms. The van der Waals surface area contributed by atoms with Crippen molar-refractivity contribution in [3.05, 3.63) is 43.8 Å². The predicted octanol–water partition coefficient (Wildman–Crippen LogP) is 5.54. The Hall–Kier alpha value is -1.87. The lowest BCUT2D eigenvalue weighted by Crippen LogP contribution is -2.39. The number of carbonyl (C=O) groups excluding carboxylic acids is 2. The number of allylic oxidation sites excluding steroid dienone is 4. The first-order valence-electron chi connectivity index (χ1n) is 12.4. The molecule has 0 saturated carbocycles. The molecule has 0 amide bonds. The first kappa shape index (κ1) is 25.2. The summed E-state index contributed by atoms with van der Waals surface area (Å²) in [6.45, 7) is 6.37. The summed E-state index contributed by atoms with van der Waals surface area (Å²) in [7, 11) is 1.71. The number of nitrogens with zero attached hydrogens (tertiary/aromatic N) is 1. The van der Waals surface area contributed by atoms with Gasteiger partial charge in [0.25, 0.3) is 0 Å². The standard InChI is InChI=1S/C27H34INO5/c1-4-33-23-16-17(15-18(28)27(23)34-5-2)24-25-19(9-6-11-21(25)30)29(13-8-14-32-3)20-10-7-12-22(31)26(20)24/h15-16,24H,4-14H2,1-3H3. The molecule has 7 heteroatoms. The molecule has 0 unspecified atom stereocenters. The van der Waals surface area contributed by atoms with Crippen molar-refractivity contribution in [2.75, 3.05) is 33.5 Å². The molecule has 2 aliphatic carbocycles. The Morgan fingerprint density at radius 2 is 1.56 bits per heavy atom. The third-order valence-electron chi connectivity index (χ3n) is 6.77. The molecule has 0 atom stereocenters. The van der Waals surface area contributed by atoms with E-state index in [1.807, 2.05) is 19.9 Å². The van der Waals surface area contributed by atoms with Crippen molar-refractivity contribution in [1.29, 1.82) is 0 Å². The lowest BCUT2D eigenvalue weighted by Gasteiger charge is -2.44. The number of hydrogen-bond acceptors (Lipinski definition) is 6. The van der Waals surface area contributed by atoms with Crippen molar-refractivity contribution in [3.8, 4) is 11.5 Å². The summed E-state index contributed by atoms with van der Waals surface area (Å²) in [5, 5.41) is 0. The molecule has 1 aromatic carbocycles. The van der Waals surface area contributed by atoms with E-state index in [0.717, 1.165) is 76.1 Å². The molecule has 0 radical (unpaired) electrons. The van der Waals surface area contributed by atoms with Crippen LogP contribution in [0.2, 0.25) is 0 Å². The minimum Gasteiger partial charge on any atom is -0.490 e. The van der Waals surface area contributed by atoms with Gasteiger partial charge in [-0.2, -0.15) is 0 Å². The van der Waals surface area contributed by atoms with Crippen LogP contribution in [-0.4, -0.2) is 49.9 Å². The zero-order chi connectivity index (χ0) is 24.2. The topological polar surface area (TPSA) is 65.1 Å². The molecular formula is C27H34INO5. The molecule has 34 heavy (non-hydrogen) atoms. The van der Waals surface area contributed by atoms with Crippen molar-refractivity contribution in [2.45, 2.75) is 64.7 Å². The first-order chi connectivity index (χ1) is 16.5. The van der Waals surface area contributed by atoms with Crippen LogP contribution in [0.1, 0.15) is 70.3 Å². The summed E-state index contributed by atoms with van der Waals surface area (Å²) < 4.78 is 18.1. The first-order valence-corrected chi connectivity index (χ1v) is 13.5. The summed E-state index contributed by atoms with van der Waals surface area (Å²) >= 11 is 2.27. The summed E-state index contributed by atoms with van der Waals surface area (Å²) in [5.74, 6) is 1.38. The predicted molar refractivity (Wildman–Crippen MR) is 139 cm³/mol. The van der Waals surface area contributed by atoms with E-state index in [9.17, 15) is 9.59 Å². The van der Waals surface area contributed by atoms with E-state index in [0.29, 0.717) is 38.4 Å². The fraction of sp³-hybridized carbons (Fsp3) is 0.556. The normalized spacial score (nSPS) is 18.9. The number of carbonyl (C=O) groups is 2. The molecule has 0 aromatic heterocycles. The average Bonchev–Trinajstić information content (AvgIpc) is 2.82. The van der Waals surface area contributed by atoms with E-state index >= 15 is 0 Å². The molecule has 0 saturated heterocycles. The smallest absolute Gasteiger partial charge is 0.174 e. The molecule has 4 rings (SSSR count). The highest BCUT2D eigenvalue weighted by Gasteiger charge is 2.43. The van der Waals surface area contributed by atoms with Crippen LogP contribution in [0, 0.1) is 3.57 Å². The van der Waals surface area contributed by atoms with E-state index in [-0.39, 0.29) is 17.5 Å². The quantitative estimate of drug-likeness (QED) is 0.283. The third-order valence-corrected chi connectivity index (χ3v) is 7.57. The Labute approximate surface area is 215 Å². The van der Waals surface area contributed by atoms with Crippen LogP contribution in [-0.2, 0) is 14.3 Å². The van der Waals surface area contributed by atoms with E-state index in [1.165, 1.54) is 0 Å². The van der Waals surface area contributed by atoms with Gasteiger partial charge in [-0.3, -0.25) is 9.59 Å². The SMILES string of the molecule is CCOc1cc(C2C3=C(CCCC3=O)N(CCCOC)C3=C2C(=O)CCC3)cc(I)c1OCC. The Kier molecular flexibility index (Phi) is 8.34. The highest BCUT2D eigenvalue weighted by atomic mass is 127. The number of halogens is 1. The van der Waals surface area contributed by atoms with Gasteiger partial charge in [0, 0.05) is 61.6 Å². The Morgan fingerprint density at radius 3 is 2.12 bits per heavy atom. The van der Waals surface area contributed by atoms with Crippen LogP contribution in [0.4, 0.5) is 0 Å². The molecule has 0 N–H and O–H groups in total. The second-order valence-electron chi connectivity index (χ2n) is 8.90. The Morgan fingerprint density at radius 1 is 0.941 bits per heavy atom. The van der Waals surface area contributed by atoms with Crippen LogP contribution in [0.3, 0.4) is 0 Å². The molecular weight excluding hydrogens is 545 g/mol. The van der Waals surface area contributed by atoms with Crippen LogP contribution in [0.5, 0.6) is 11.5 Å². The van der Waals surface area contributed by atoms with Gasteiger partial charge in [-0.05, 0) is 86.2 Å². The molecule has 0 spiro atoms. The van der Waals surface area contributed by atoms with Gasteiger partial charge in [0.1, 0.15) is 0 Å². The molecule has 3 aliphatic rings. The lowest BCUT2D eigenvalue weighted by atomic mass is 9.71. The van der Waals surface area contributed by atoms with Crippen molar-refractivity contribution < 1.29 is 23.8 Å².